The highest BCUT2D eigenvalue weighted by molar-refractivity contribution is 7.99. The van der Waals surface area contributed by atoms with E-state index in [0.29, 0.717) is 65.1 Å². The maximum absolute atomic E-state index is 14.1. The smallest absolute Gasteiger partial charge is 0.255 e. The van der Waals surface area contributed by atoms with Crippen LogP contribution in [0.5, 0.6) is 17.2 Å². The first-order valence-corrected chi connectivity index (χ1v) is 16.0. The fourth-order valence-electron chi connectivity index (χ4n) is 4.96. The van der Waals surface area contributed by atoms with Crippen molar-refractivity contribution in [2.24, 2.45) is 0 Å². The third kappa shape index (κ3) is 7.19. The molecule has 2 N–H and O–H groups in total. The molecule has 10 heteroatoms. The van der Waals surface area contributed by atoms with Gasteiger partial charge in [-0.25, -0.2) is 4.68 Å². The maximum Gasteiger partial charge on any atom is 0.255 e. The van der Waals surface area contributed by atoms with Crippen molar-refractivity contribution in [1.82, 2.24) is 14.8 Å². The number of aromatic nitrogens is 3. The lowest BCUT2D eigenvalue weighted by Gasteiger charge is -2.29. The van der Waals surface area contributed by atoms with E-state index in [1.165, 1.54) is 0 Å². The summed E-state index contributed by atoms with van der Waals surface area (Å²) in [6, 6.07) is 22.6. The summed E-state index contributed by atoms with van der Waals surface area (Å²) in [4.78, 5) is 18.9. The van der Waals surface area contributed by atoms with Gasteiger partial charge in [0.25, 0.3) is 5.91 Å². The number of rotatable bonds is 14. The average Bonchev–Trinajstić information content (AvgIpc) is 3.43. The van der Waals surface area contributed by atoms with Crippen LogP contribution in [-0.2, 0) is 11.4 Å². The predicted molar refractivity (Wildman–Crippen MR) is 175 cm³/mol. The molecule has 1 unspecified atom stereocenters. The lowest BCUT2D eigenvalue weighted by atomic mass is 9.94. The highest BCUT2D eigenvalue weighted by atomic mass is 32.2. The zero-order valence-electron chi connectivity index (χ0n) is 25.6. The predicted octanol–water partition coefficient (Wildman–Crippen LogP) is 7.47. The largest absolute Gasteiger partial charge is 0.492 e. The molecule has 1 atom stereocenters. The zero-order chi connectivity index (χ0) is 30.9. The molecular formula is C34H39N5O4S. The molecule has 1 amide bonds. The Kier molecular flexibility index (Phi) is 10.5. The number of allylic oxidation sites excluding steroid dienone is 1. The summed E-state index contributed by atoms with van der Waals surface area (Å²) in [6.45, 7) is 9.25. The minimum absolute atomic E-state index is 0.268. The highest BCUT2D eigenvalue weighted by Crippen LogP contribution is 2.40. The summed E-state index contributed by atoms with van der Waals surface area (Å²) >= 11 is 1.61. The minimum atomic E-state index is -0.569. The van der Waals surface area contributed by atoms with Crippen molar-refractivity contribution in [2.45, 2.75) is 58.3 Å². The summed E-state index contributed by atoms with van der Waals surface area (Å²) in [5.74, 6) is 3.06. The number of nitrogens with one attached hydrogen (secondary N) is 2. The number of anilines is 2. The molecule has 230 valence electrons. The van der Waals surface area contributed by atoms with Crippen LogP contribution >= 0.6 is 11.8 Å². The topological polar surface area (TPSA) is 99.5 Å². The Morgan fingerprint density at radius 1 is 0.932 bits per heavy atom. The molecule has 0 bridgehead atoms. The maximum atomic E-state index is 14.1. The molecule has 0 aliphatic carbocycles. The van der Waals surface area contributed by atoms with E-state index in [0.717, 1.165) is 29.7 Å². The number of unbranched alkanes of at least 4 members (excludes halogenated alkanes) is 1. The van der Waals surface area contributed by atoms with Gasteiger partial charge in [-0.1, -0.05) is 73.6 Å². The van der Waals surface area contributed by atoms with E-state index in [1.54, 1.807) is 16.4 Å². The Morgan fingerprint density at radius 3 is 2.45 bits per heavy atom. The quantitative estimate of drug-likeness (QED) is 0.112. The van der Waals surface area contributed by atoms with Crippen LogP contribution in [0.25, 0.3) is 0 Å². The van der Waals surface area contributed by atoms with Crippen molar-refractivity contribution in [3.05, 3.63) is 95.2 Å². The SMILES string of the molecule is CCCCSc1nc2n(n1)C(c1ccc(OCc3ccccc3)c(OCC)c1)C(C(=O)Nc1ccccc1OCC)=C(C)N2. The van der Waals surface area contributed by atoms with Crippen molar-refractivity contribution in [1.29, 1.82) is 0 Å². The number of ether oxygens (including phenoxy) is 3. The number of para-hydroxylation sites is 2. The number of carbonyl (C=O) groups excluding carboxylic acids is 1. The van der Waals surface area contributed by atoms with Gasteiger partial charge in [0, 0.05) is 11.4 Å². The van der Waals surface area contributed by atoms with Crippen LogP contribution in [0.3, 0.4) is 0 Å². The van der Waals surface area contributed by atoms with Gasteiger partial charge in [-0.05, 0) is 62.6 Å². The van der Waals surface area contributed by atoms with Crippen LogP contribution in [0.4, 0.5) is 11.6 Å². The molecule has 0 spiro atoms. The van der Waals surface area contributed by atoms with Crippen LogP contribution < -0.4 is 24.8 Å². The molecule has 0 saturated carbocycles. The van der Waals surface area contributed by atoms with E-state index in [9.17, 15) is 4.79 Å². The molecular weight excluding hydrogens is 574 g/mol. The number of fused-ring (bicyclic) bond motifs is 1. The van der Waals surface area contributed by atoms with Crippen LogP contribution in [0, 0.1) is 0 Å². The van der Waals surface area contributed by atoms with Crippen LogP contribution in [0.2, 0.25) is 0 Å². The van der Waals surface area contributed by atoms with E-state index in [-0.39, 0.29) is 5.91 Å². The number of hydrogen-bond donors (Lipinski definition) is 2. The number of thioether (sulfide) groups is 1. The first kappa shape index (κ1) is 31.0. The molecule has 3 aromatic carbocycles. The summed E-state index contributed by atoms with van der Waals surface area (Å²) < 4.78 is 19.8. The van der Waals surface area contributed by atoms with Crippen LogP contribution in [0.15, 0.2) is 89.2 Å². The summed E-state index contributed by atoms with van der Waals surface area (Å²) in [5.41, 5.74) is 3.68. The van der Waals surface area contributed by atoms with Gasteiger partial charge in [0.15, 0.2) is 11.5 Å². The van der Waals surface area contributed by atoms with E-state index in [2.05, 4.69) is 17.6 Å². The van der Waals surface area contributed by atoms with Gasteiger partial charge in [-0.3, -0.25) is 4.79 Å². The Morgan fingerprint density at radius 2 is 1.68 bits per heavy atom. The van der Waals surface area contributed by atoms with E-state index >= 15 is 0 Å². The second-order valence-electron chi connectivity index (χ2n) is 10.2. The first-order chi connectivity index (χ1) is 21.5. The lowest BCUT2D eigenvalue weighted by Crippen LogP contribution is -2.31. The molecule has 5 rings (SSSR count). The summed E-state index contributed by atoms with van der Waals surface area (Å²) in [7, 11) is 0. The Hall–Kier alpha value is -4.44. The van der Waals surface area contributed by atoms with Crippen LogP contribution in [-0.4, -0.2) is 39.6 Å². The van der Waals surface area contributed by atoms with Crippen LogP contribution in [0.1, 0.15) is 57.7 Å². The van der Waals surface area contributed by atoms with Gasteiger partial charge in [0.05, 0.1) is 24.5 Å². The fraction of sp³-hybridized carbons (Fsp3) is 0.324. The first-order valence-electron chi connectivity index (χ1n) is 15.1. The molecule has 1 aromatic heterocycles. The monoisotopic (exact) mass is 613 g/mol. The fourth-order valence-corrected chi connectivity index (χ4v) is 5.87. The molecule has 1 aliphatic heterocycles. The molecule has 9 nitrogen and oxygen atoms in total. The number of amides is 1. The lowest BCUT2D eigenvalue weighted by molar-refractivity contribution is -0.113. The van der Waals surface area contributed by atoms with Gasteiger partial charge in [0.2, 0.25) is 11.1 Å². The highest BCUT2D eigenvalue weighted by Gasteiger charge is 2.35. The normalized spacial score (nSPS) is 14.0. The molecule has 2 heterocycles. The number of carbonyl (C=O) groups is 1. The number of nitrogens with zero attached hydrogens (tertiary/aromatic N) is 3. The van der Waals surface area contributed by atoms with Crippen molar-refractivity contribution in [3.63, 3.8) is 0 Å². The van der Waals surface area contributed by atoms with Crippen molar-refractivity contribution in [2.75, 3.05) is 29.6 Å². The van der Waals surface area contributed by atoms with E-state index in [4.69, 9.17) is 24.3 Å². The van der Waals surface area contributed by atoms with E-state index < -0.39 is 6.04 Å². The third-order valence-electron chi connectivity index (χ3n) is 7.06. The van der Waals surface area contributed by atoms with Gasteiger partial charge in [0.1, 0.15) is 18.4 Å². The molecule has 0 fully saturated rings. The van der Waals surface area contributed by atoms with Gasteiger partial charge < -0.3 is 24.8 Å². The number of hydrogen-bond acceptors (Lipinski definition) is 8. The Labute approximate surface area is 263 Å². The second-order valence-corrected chi connectivity index (χ2v) is 11.3. The van der Waals surface area contributed by atoms with Gasteiger partial charge in [-0.15, -0.1) is 5.10 Å². The Bertz CT molecular complexity index is 1600. The van der Waals surface area contributed by atoms with Crippen molar-refractivity contribution < 1.29 is 19.0 Å². The molecule has 0 saturated heterocycles. The third-order valence-corrected chi connectivity index (χ3v) is 7.99. The second kappa shape index (κ2) is 14.8. The average molecular weight is 614 g/mol. The van der Waals surface area contributed by atoms with E-state index in [1.807, 2.05) is 93.6 Å². The molecule has 0 radical (unpaired) electrons. The minimum Gasteiger partial charge on any atom is -0.492 e. The molecule has 4 aromatic rings. The summed E-state index contributed by atoms with van der Waals surface area (Å²) in [5, 5.41) is 11.9. The van der Waals surface area contributed by atoms with Crippen molar-refractivity contribution >= 4 is 29.3 Å². The molecule has 1 aliphatic rings. The van der Waals surface area contributed by atoms with Crippen molar-refractivity contribution in [3.8, 4) is 17.2 Å². The number of benzene rings is 3. The van der Waals surface area contributed by atoms with Gasteiger partial charge in [-0.2, -0.15) is 4.98 Å². The Balaban J connectivity index is 1.53. The summed E-state index contributed by atoms with van der Waals surface area (Å²) in [6.07, 6.45) is 2.16. The van der Waals surface area contributed by atoms with Gasteiger partial charge >= 0.3 is 0 Å². The molecule has 44 heavy (non-hydrogen) atoms. The standard InChI is InChI=1S/C34H39N5O4S/c1-5-8-20-44-34-37-33-35-23(4)30(32(40)36-26-16-12-13-17-27(26)41-6-2)31(39(33)38-34)25-18-19-28(29(21-25)42-7-3)43-22-24-14-10-9-11-15-24/h9-19,21,31H,5-8,20,22H2,1-4H3,(H,36,40)(H,35,37,38). The zero-order valence-corrected chi connectivity index (χ0v) is 26.4.